The number of carbonyl (C=O) groups is 1. The average molecular weight is 255 g/mol. The van der Waals surface area contributed by atoms with Gasteiger partial charge in [-0.15, -0.1) is 0 Å². The van der Waals surface area contributed by atoms with E-state index in [9.17, 15) is 4.79 Å². The van der Waals surface area contributed by atoms with E-state index in [-0.39, 0.29) is 11.4 Å². The number of nitrogens with two attached hydrogens (primary N) is 1. The van der Waals surface area contributed by atoms with Crippen molar-refractivity contribution in [2.75, 3.05) is 6.54 Å². The number of hydrogen-bond acceptors (Lipinski definition) is 2. The third-order valence-electron chi connectivity index (χ3n) is 2.44. The molecule has 0 saturated carbocycles. The van der Waals surface area contributed by atoms with Crippen LogP contribution in [0.25, 0.3) is 0 Å². The summed E-state index contributed by atoms with van der Waals surface area (Å²) in [6.45, 7) is 4.32. The van der Waals surface area contributed by atoms with Gasteiger partial charge < -0.3 is 11.1 Å². The fourth-order valence-corrected chi connectivity index (χ4v) is 1.94. The van der Waals surface area contributed by atoms with Crippen LogP contribution >= 0.6 is 11.6 Å². The van der Waals surface area contributed by atoms with E-state index in [0.29, 0.717) is 19.4 Å². The Balaban J connectivity index is 2.66. The zero-order valence-electron chi connectivity index (χ0n) is 10.3. The number of carbonyl (C=O) groups excluding carboxylic acids is 1. The SMILES string of the molecule is CC(C)(Cc1ccccc1Cl)NC(=O)CCN. The van der Waals surface area contributed by atoms with E-state index in [1.807, 2.05) is 38.1 Å². The second kappa shape index (κ2) is 6.03. The summed E-state index contributed by atoms with van der Waals surface area (Å²) in [5, 5.41) is 3.69. The van der Waals surface area contributed by atoms with Crippen LogP contribution in [-0.4, -0.2) is 18.0 Å². The molecule has 0 unspecified atom stereocenters. The van der Waals surface area contributed by atoms with Gasteiger partial charge in [0.05, 0.1) is 0 Å². The monoisotopic (exact) mass is 254 g/mol. The smallest absolute Gasteiger partial charge is 0.221 e. The molecule has 1 aromatic rings. The van der Waals surface area contributed by atoms with Gasteiger partial charge in [0.15, 0.2) is 0 Å². The molecule has 0 radical (unpaired) electrons. The van der Waals surface area contributed by atoms with Crippen LogP contribution in [0.2, 0.25) is 5.02 Å². The lowest BCUT2D eigenvalue weighted by atomic mass is 9.94. The maximum absolute atomic E-state index is 11.5. The molecule has 94 valence electrons. The van der Waals surface area contributed by atoms with Crippen molar-refractivity contribution >= 4 is 17.5 Å². The Morgan fingerprint density at radius 1 is 1.41 bits per heavy atom. The molecule has 0 fully saturated rings. The third kappa shape index (κ3) is 4.75. The van der Waals surface area contributed by atoms with Gasteiger partial charge in [-0.05, 0) is 31.9 Å². The number of amides is 1. The summed E-state index contributed by atoms with van der Waals surface area (Å²) in [6.07, 6.45) is 1.05. The highest BCUT2D eigenvalue weighted by Crippen LogP contribution is 2.20. The van der Waals surface area contributed by atoms with Crippen molar-refractivity contribution in [1.29, 1.82) is 0 Å². The summed E-state index contributed by atoms with van der Waals surface area (Å²) in [7, 11) is 0. The van der Waals surface area contributed by atoms with Crippen molar-refractivity contribution in [3.8, 4) is 0 Å². The van der Waals surface area contributed by atoms with Gasteiger partial charge in [0.25, 0.3) is 0 Å². The van der Waals surface area contributed by atoms with E-state index >= 15 is 0 Å². The predicted octanol–water partition coefficient (Wildman–Crippen LogP) is 2.13. The molecule has 0 bridgehead atoms. The molecule has 1 amide bonds. The van der Waals surface area contributed by atoms with Crippen LogP contribution < -0.4 is 11.1 Å². The highest BCUT2D eigenvalue weighted by atomic mass is 35.5. The van der Waals surface area contributed by atoms with Crippen molar-refractivity contribution in [3.63, 3.8) is 0 Å². The molecule has 17 heavy (non-hydrogen) atoms. The molecule has 0 spiro atoms. The van der Waals surface area contributed by atoms with Gasteiger partial charge in [-0.3, -0.25) is 4.79 Å². The van der Waals surface area contributed by atoms with E-state index in [2.05, 4.69) is 5.32 Å². The van der Waals surface area contributed by atoms with Gasteiger partial charge in [-0.25, -0.2) is 0 Å². The lowest BCUT2D eigenvalue weighted by molar-refractivity contribution is -0.122. The molecule has 4 heteroatoms. The Morgan fingerprint density at radius 2 is 2.06 bits per heavy atom. The number of benzene rings is 1. The number of halogens is 1. The highest BCUT2D eigenvalue weighted by molar-refractivity contribution is 6.31. The minimum atomic E-state index is -0.322. The maximum Gasteiger partial charge on any atom is 0.221 e. The first-order chi connectivity index (χ1) is 7.94. The molecule has 1 rings (SSSR count). The minimum absolute atomic E-state index is 0.0236. The average Bonchev–Trinajstić information content (AvgIpc) is 2.20. The zero-order chi connectivity index (χ0) is 12.9. The zero-order valence-corrected chi connectivity index (χ0v) is 11.1. The van der Waals surface area contributed by atoms with Crippen LogP contribution in [0.4, 0.5) is 0 Å². The molecule has 0 atom stereocenters. The maximum atomic E-state index is 11.5. The summed E-state index contributed by atoms with van der Waals surface area (Å²) in [5.41, 5.74) is 6.06. The molecule has 3 N–H and O–H groups in total. The largest absolute Gasteiger partial charge is 0.351 e. The first-order valence-corrected chi connectivity index (χ1v) is 6.07. The van der Waals surface area contributed by atoms with E-state index in [0.717, 1.165) is 10.6 Å². The minimum Gasteiger partial charge on any atom is -0.351 e. The predicted molar refractivity (Wildman–Crippen MR) is 71.0 cm³/mol. The van der Waals surface area contributed by atoms with Gasteiger partial charge in [0.1, 0.15) is 0 Å². The van der Waals surface area contributed by atoms with Crippen LogP contribution in [-0.2, 0) is 11.2 Å². The van der Waals surface area contributed by atoms with Crippen molar-refractivity contribution < 1.29 is 4.79 Å². The Morgan fingerprint density at radius 3 is 2.65 bits per heavy atom. The second-order valence-electron chi connectivity index (χ2n) is 4.74. The highest BCUT2D eigenvalue weighted by Gasteiger charge is 2.21. The van der Waals surface area contributed by atoms with E-state index in [1.54, 1.807) is 0 Å². The van der Waals surface area contributed by atoms with Crippen LogP contribution in [0.15, 0.2) is 24.3 Å². The molecule has 0 heterocycles. The molecule has 0 saturated heterocycles. The molecule has 0 aliphatic carbocycles. The number of hydrogen-bond donors (Lipinski definition) is 2. The molecule has 3 nitrogen and oxygen atoms in total. The molecular weight excluding hydrogens is 236 g/mol. The van der Waals surface area contributed by atoms with E-state index in [4.69, 9.17) is 17.3 Å². The fraction of sp³-hybridized carbons (Fsp3) is 0.462. The fourth-order valence-electron chi connectivity index (χ4n) is 1.73. The van der Waals surface area contributed by atoms with Crippen molar-refractivity contribution in [1.82, 2.24) is 5.32 Å². The molecule has 0 aliphatic heterocycles. The first kappa shape index (κ1) is 14.0. The van der Waals surface area contributed by atoms with Gasteiger partial charge in [0.2, 0.25) is 5.91 Å². The van der Waals surface area contributed by atoms with Crippen molar-refractivity contribution in [2.24, 2.45) is 5.73 Å². The van der Waals surface area contributed by atoms with E-state index < -0.39 is 0 Å². The van der Waals surface area contributed by atoms with Gasteiger partial charge >= 0.3 is 0 Å². The Labute approximate surface area is 107 Å². The van der Waals surface area contributed by atoms with Crippen LogP contribution in [0.1, 0.15) is 25.8 Å². The topological polar surface area (TPSA) is 55.1 Å². The van der Waals surface area contributed by atoms with Crippen molar-refractivity contribution in [2.45, 2.75) is 32.2 Å². The normalized spacial score (nSPS) is 11.3. The van der Waals surface area contributed by atoms with Crippen LogP contribution in [0.3, 0.4) is 0 Å². The van der Waals surface area contributed by atoms with Crippen LogP contribution in [0.5, 0.6) is 0 Å². The summed E-state index contributed by atoms with van der Waals surface area (Å²) in [5.74, 6) is -0.0236. The quantitative estimate of drug-likeness (QED) is 0.846. The Hall–Kier alpha value is -1.06. The summed E-state index contributed by atoms with van der Waals surface area (Å²) >= 11 is 6.10. The summed E-state index contributed by atoms with van der Waals surface area (Å²) in [6, 6.07) is 7.67. The molecule has 0 aliphatic rings. The number of rotatable bonds is 5. The van der Waals surface area contributed by atoms with Crippen molar-refractivity contribution in [3.05, 3.63) is 34.9 Å². The second-order valence-corrected chi connectivity index (χ2v) is 5.15. The Bertz CT molecular complexity index is 391. The van der Waals surface area contributed by atoms with E-state index in [1.165, 1.54) is 0 Å². The summed E-state index contributed by atoms with van der Waals surface area (Å²) < 4.78 is 0. The number of nitrogens with one attached hydrogen (secondary N) is 1. The van der Waals surface area contributed by atoms with Gasteiger partial charge in [0, 0.05) is 23.5 Å². The standard InChI is InChI=1S/C13H19ClN2O/c1-13(2,16-12(17)7-8-15)9-10-5-3-4-6-11(10)14/h3-6H,7-9,15H2,1-2H3,(H,16,17). The first-order valence-electron chi connectivity index (χ1n) is 5.69. The lowest BCUT2D eigenvalue weighted by Gasteiger charge is -2.26. The lowest BCUT2D eigenvalue weighted by Crippen LogP contribution is -2.45. The van der Waals surface area contributed by atoms with Gasteiger partial charge in [-0.1, -0.05) is 29.8 Å². The third-order valence-corrected chi connectivity index (χ3v) is 2.81. The van der Waals surface area contributed by atoms with Crippen LogP contribution in [0, 0.1) is 0 Å². The molecule has 0 aromatic heterocycles. The van der Waals surface area contributed by atoms with Gasteiger partial charge in [-0.2, -0.15) is 0 Å². The molecule has 1 aromatic carbocycles. The summed E-state index contributed by atoms with van der Waals surface area (Å²) in [4.78, 5) is 11.5. The molecular formula is C13H19ClN2O. The Kier molecular flexibility index (Phi) is 4.97.